The summed E-state index contributed by atoms with van der Waals surface area (Å²) in [5.74, 6) is 2.03. The van der Waals surface area contributed by atoms with Crippen LogP contribution in [0.3, 0.4) is 0 Å². The second kappa shape index (κ2) is 6.24. The van der Waals surface area contributed by atoms with Crippen molar-refractivity contribution in [3.63, 3.8) is 0 Å². The summed E-state index contributed by atoms with van der Waals surface area (Å²) in [4.78, 5) is 0. The molecule has 0 spiro atoms. The maximum atomic E-state index is 9.83. The van der Waals surface area contributed by atoms with Crippen LogP contribution in [0.5, 0.6) is 5.75 Å². The SMILES string of the molecule is CC(NCC1CCCCC1C)c1ccccc1O. The van der Waals surface area contributed by atoms with Crippen LogP contribution in [0.1, 0.15) is 51.1 Å². The fourth-order valence-electron chi connectivity index (χ4n) is 2.99. The number of phenols is 1. The molecule has 0 bridgehead atoms. The molecule has 1 aliphatic carbocycles. The van der Waals surface area contributed by atoms with Crippen molar-refractivity contribution >= 4 is 0 Å². The quantitative estimate of drug-likeness (QED) is 0.846. The number of rotatable bonds is 4. The average Bonchev–Trinajstić information content (AvgIpc) is 2.38. The van der Waals surface area contributed by atoms with Crippen molar-refractivity contribution in [3.8, 4) is 5.75 Å². The number of hydrogen-bond donors (Lipinski definition) is 2. The van der Waals surface area contributed by atoms with Crippen LogP contribution in [0, 0.1) is 11.8 Å². The molecule has 18 heavy (non-hydrogen) atoms. The summed E-state index contributed by atoms with van der Waals surface area (Å²) in [6.07, 6.45) is 5.49. The van der Waals surface area contributed by atoms with E-state index >= 15 is 0 Å². The Bertz CT molecular complexity index is 377. The summed E-state index contributed by atoms with van der Waals surface area (Å²) in [6, 6.07) is 7.83. The third-order valence-corrected chi connectivity index (χ3v) is 4.38. The van der Waals surface area contributed by atoms with Gasteiger partial charge in [-0.2, -0.15) is 0 Å². The number of hydrogen-bond acceptors (Lipinski definition) is 2. The number of nitrogens with one attached hydrogen (secondary N) is 1. The van der Waals surface area contributed by atoms with Crippen LogP contribution in [0.2, 0.25) is 0 Å². The molecule has 3 unspecified atom stereocenters. The second-order valence-electron chi connectivity index (χ2n) is 5.71. The van der Waals surface area contributed by atoms with Gasteiger partial charge in [-0.1, -0.05) is 44.4 Å². The summed E-state index contributed by atoms with van der Waals surface area (Å²) in [7, 11) is 0. The molecule has 0 radical (unpaired) electrons. The predicted octanol–water partition coefficient (Wildman–Crippen LogP) is 3.87. The lowest BCUT2D eigenvalue weighted by molar-refractivity contribution is 0.242. The molecule has 0 aromatic heterocycles. The molecule has 1 aliphatic rings. The first-order valence-corrected chi connectivity index (χ1v) is 7.19. The summed E-state index contributed by atoms with van der Waals surface area (Å²) in [5, 5.41) is 13.4. The van der Waals surface area contributed by atoms with Gasteiger partial charge in [0, 0.05) is 11.6 Å². The van der Waals surface area contributed by atoms with E-state index in [0.717, 1.165) is 23.9 Å². The average molecular weight is 247 g/mol. The molecule has 2 heteroatoms. The third kappa shape index (κ3) is 3.26. The lowest BCUT2D eigenvalue weighted by Gasteiger charge is -2.30. The van der Waals surface area contributed by atoms with Crippen molar-refractivity contribution in [1.29, 1.82) is 0 Å². The minimum Gasteiger partial charge on any atom is -0.508 e. The largest absolute Gasteiger partial charge is 0.508 e. The predicted molar refractivity (Wildman–Crippen MR) is 75.6 cm³/mol. The molecule has 0 heterocycles. The molecule has 1 saturated carbocycles. The maximum Gasteiger partial charge on any atom is 0.120 e. The maximum absolute atomic E-state index is 9.83. The van der Waals surface area contributed by atoms with Crippen LogP contribution in [-0.4, -0.2) is 11.7 Å². The molecular weight excluding hydrogens is 222 g/mol. The molecule has 2 rings (SSSR count). The van der Waals surface area contributed by atoms with Crippen LogP contribution >= 0.6 is 0 Å². The fraction of sp³-hybridized carbons (Fsp3) is 0.625. The smallest absolute Gasteiger partial charge is 0.120 e. The van der Waals surface area contributed by atoms with E-state index in [-0.39, 0.29) is 6.04 Å². The Balaban J connectivity index is 1.88. The van der Waals surface area contributed by atoms with E-state index in [4.69, 9.17) is 0 Å². The molecular formula is C16H25NO. The van der Waals surface area contributed by atoms with Gasteiger partial charge in [0.2, 0.25) is 0 Å². The fourth-order valence-corrected chi connectivity index (χ4v) is 2.99. The van der Waals surface area contributed by atoms with Gasteiger partial charge in [0.25, 0.3) is 0 Å². The first kappa shape index (κ1) is 13.4. The molecule has 3 atom stereocenters. The van der Waals surface area contributed by atoms with Crippen molar-refractivity contribution in [2.45, 2.75) is 45.6 Å². The van der Waals surface area contributed by atoms with E-state index in [1.807, 2.05) is 18.2 Å². The zero-order valence-electron chi connectivity index (χ0n) is 11.5. The van der Waals surface area contributed by atoms with Crippen LogP contribution in [0.4, 0.5) is 0 Å². The molecule has 1 aromatic rings. The molecule has 0 aliphatic heterocycles. The molecule has 0 amide bonds. The first-order valence-electron chi connectivity index (χ1n) is 7.19. The summed E-state index contributed by atoms with van der Waals surface area (Å²) >= 11 is 0. The second-order valence-corrected chi connectivity index (χ2v) is 5.71. The Hall–Kier alpha value is -1.02. The standard InChI is InChI=1S/C16H25NO/c1-12-7-3-4-8-14(12)11-17-13(2)15-9-5-6-10-16(15)18/h5-6,9-10,12-14,17-18H,3-4,7-8,11H2,1-2H3. The highest BCUT2D eigenvalue weighted by Gasteiger charge is 2.21. The van der Waals surface area contributed by atoms with Crippen molar-refractivity contribution < 1.29 is 5.11 Å². The van der Waals surface area contributed by atoms with Gasteiger partial charge in [-0.05, 0) is 37.8 Å². The minimum absolute atomic E-state index is 0.223. The lowest BCUT2D eigenvalue weighted by Crippen LogP contribution is -2.31. The van der Waals surface area contributed by atoms with Gasteiger partial charge in [-0.25, -0.2) is 0 Å². The van der Waals surface area contributed by atoms with E-state index < -0.39 is 0 Å². The highest BCUT2D eigenvalue weighted by atomic mass is 16.3. The topological polar surface area (TPSA) is 32.3 Å². The van der Waals surface area contributed by atoms with Crippen LogP contribution in [0.15, 0.2) is 24.3 Å². The Morgan fingerprint density at radius 1 is 1.28 bits per heavy atom. The van der Waals surface area contributed by atoms with Gasteiger partial charge in [-0.3, -0.25) is 0 Å². The van der Waals surface area contributed by atoms with Crippen LogP contribution in [-0.2, 0) is 0 Å². The van der Waals surface area contributed by atoms with Crippen molar-refractivity contribution in [1.82, 2.24) is 5.32 Å². The molecule has 2 nitrogen and oxygen atoms in total. The van der Waals surface area contributed by atoms with Gasteiger partial charge in [0.05, 0.1) is 0 Å². The zero-order valence-corrected chi connectivity index (χ0v) is 11.5. The monoisotopic (exact) mass is 247 g/mol. The highest BCUT2D eigenvalue weighted by Crippen LogP contribution is 2.30. The Kier molecular flexibility index (Phi) is 4.65. The molecule has 0 saturated heterocycles. The van der Waals surface area contributed by atoms with Crippen molar-refractivity contribution in [2.75, 3.05) is 6.54 Å². The zero-order chi connectivity index (χ0) is 13.0. The Morgan fingerprint density at radius 3 is 2.72 bits per heavy atom. The van der Waals surface area contributed by atoms with Crippen molar-refractivity contribution in [2.24, 2.45) is 11.8 Å². The summed E-state index contributed by atoms with van der Waals surface area (Å²) in [5.41, 5.74) is 1.00. The number of benzene rings is 1. The van der Waals surface area contributed by atoms with Gasteiger partial charge < -0.3 is 10.4 Å². The number of aromatic hydroxyl groups is 1. The molecule has 1 fully saturated rings. The van der Waals surface area contributed by atoms with Gasteiger partial charge in [0.1, 0.15) is 5.75 Å². The van der Waals surface area contributed by atoms with Gasteiger partial charge in [-0.15, -0.1) is 0 Å². The Labute approximate surface area is 110 Å². The summed E-state index contributed by atoms with van der Waals surface area (Å²) in [6.45, 7) is 5.56. The van der Waals surface area contributed by atoms with E-state index in [2.05, 4.69) is 19.2 Å². The molecule has 2 N–H and O–H groups in total. The highest BCUT2D eigenvalue weighted by molar-refractivity contribution is 5.34. The van der Waals surface area contributed by atoms with E-state index in [0.29, 0.717) is 5.75 Å². The summed E-state index contributed by atoms with van der Waals surface area (Å²) < 4.78 is 0. The van der Waals surface area contributed by atoms with Gasteiger partial charge in [0.15, 0.2) is 0 Å². The minimum atomic E-state index is 0.223. The molecule has 1 aromatic carbocycles. The van der Waals surface area contributed by atoms with E-state index in [1.165, 1.54) is 25.7 Å². The Morgan fingerprint density at radius 2 is 2.00 bits per heavy atom. The molecule has 100 valence electrons. The lowest BCUT2D eigenvalue weighted by atomic mass is 9.80. The normalized spacial score (nSPS) is 25.9. The van der Waals surface area contributed by atoms with Crippen molar-refractivity contribution in [3.05, 3.63) is 29.8 Å². The number of para-hydroxylation sites is 1. The van der Waals surface area contributed by atoms with Crippen LogP contribution < -0.4 is 5.32 Å². The first-order chi connectivity index (χ1) is 8.68. The third-order valence-electron chi connectivity index (χ3n) is 4.38. The van der Waals surface area contributed by atoms with E-state index in [1.54, 1.807) is 6.07 Å². The van der Waals surface area contributed by atoms with Gasteiger partial charge >= 0.3 is 0 Å². The number of phenolic OH excluding ortho intramolecular Hbond substituents is 1. The van der Waals surface area contributed by atoms with Crippen LogP contribution in [0.25, 0.3) is 0 Å². The van der Waals surface area contributed by atoms with E-state index in [9.17, 15) is 5.11 Å².